The molecular weight excluding hydrogens is 206 g/mol. The van der Waals surface area contributed by atoms with Crippen LogP contribution in [0.15, 0.2) is 0 Å². The van der Waals surface area contributed by atoms with Gasteiger partial charge in [0, 0.05) is 19.6 Å². The minimum Gasteiger partial charge on any atom is -0.465 e. The highest BCUT2D eigenvalue weighted by molar-refractivity contribution is 5.75. The number of nitrogens with one attached hydrogen (secondary N) is 1. The molecule has 16 heavy (non-hydrogen) atoms. The lowest BCUT2D eigenvalue weighted by Crippen LogP contribution is -2.46. The van der Waals surface area contributed by atoms with E-state index in [-0.39, 0.29) is 23.7 Å². The van der Waals surface area contributed by atoms with Gasteiger partial charge in [0.1, 0.15) is 6.04 Å². The molecule has 4 heteroatoms. The fraction of sp³-hybridized carbons (Fsp3) is 0.917. The zero-order chi connectivity index (χ0) is 12.8. The summed E-state index contributed by atoms with van der Waals surface area (Å²) in [7, 11) is 1.65. The Bertz CT molecular complexity index is 214. The number of hydrogen-bond acceptors (Lipinski definition) is 4. The van der Waals surface area contributed by atoms with Crippen LogP contribution in [0.1, 0.15) is 41.0 Å². The SMILES string of the molecule is CCOC(=O)C(CC(C)(C)OC)NC(C)C. The molecular formula is C12H25NO3. The lowest BCUT2D eigenvalue weighted by atomic mass is 9.98. The van der Waals surface area contributed by atoms with E-state index in [4.69, 9.17) is 9.47 Å². The molecule has 0 bridgehead atoms. The normalized spacial score (nSPS) is 13.9. The van der Waals surface area contributed by atoms with Gasteiger partial charge in [0.15, 0.2) is 0 Å². The van der Waals surface area contributed by atoms with E-state index < -0.39 is 0 Å². The second-order valence-corrected chi connectivity index (χ2v) is 4.79. The van der Waals surface area contributed by atoms with Crippen molar-refractivity contribution >= 4 is 5.97 Å². The number of carbonyl (C=O) groups is 1. The van der Waals surface area contributed by atoms with Crippen molar-refractivity contribution in [1.29, 1.82) is 0 Å². The van der Waals surface area contributed by atoms with Crippen molar-refractivity contribution in [2.24, 2.45) is 0 Å². The Kier molecular flexibility index (Phi) is 6.60. The van der Waals surface area contributed by atoms with Gasteiger partial charge in [-0.1, -0.05) is 13.8 Å². The zero-order valence-corrected chi connectivity index (χ0v) is 11.3. The van der Waals surface area contributed by atoms with Gasteiger partial charge < -0.3 is 14.8 Å². The van der Waals surface area contributed by atoms with Crippen LogP contribution in [0.4, 0.5) is 0 Å². The van der Waals surface area contributed by atoms with Crippen LogP contribution in [0.25, 0.3) is 0 Å². The molecule has 0 amide bonds. The van der Waals surface area contributed by atoms with Crippen LogP contribution in [-0.2, 0) is 14.3 Å². The molecule has 0 rings (SSSR count). The average Bonchev–Trinajstić information content (AvgIpc) is 2.16. The van der Waals surface area contributed by atoms with Gasteiger partial charge in [-0.3, -0.25) is 4.79 Å². The molecule has 0 radical (unpaired) electrons. The molecule has 1 unspecified atom stereocenters. The third-order valence-corrected chi connectivity index (χ3v) is 2.35. The van der Waals surface area contributed by atoms with E-state index in [9.17, 15) is 4.79 Å². The second kappa shape index (κ2) is 6.86. The van der Waals surface area contributed by atoms with Crippen molar-refractivity contribution in [2.45, 2.75) is 58.7 Å². The third-order valence-electron chi connectivity index (χ3n) is 2.35. The lowest BCUT2D eigenvalue weighted by Gasteiger charge is -2.29. The molecule has 0 aliphatic rings. The van der Waals surface area contributed by atoms with Crippen LogP contribution in [0.3, 0.4) is 0 Å². The van der Waals surface area contributed by atoms with E-state index in [1.165, 1.54) is 0 Å². The molecule has 0 aromatic carbocycles. The van der Waals surface area contributed by atoms with Gasteiger partial charge in [-0.25, -0.2) is 0 Å². The zero-order valence-electron chi connectivity index (χ0n) is 11.3. The number of ether oxygens (including phenoxy) is 2. The fourth-order valence-corrected chi connectivity index (χ4v) is 1.43. The number of rotatable bonds is 7. The summed E-state index contributed by atoms with van der Waals surface area (Å²) in [5.41, 5.74) is -0.334. The summed E-state index contributed by atoms with van der Waals surface area (Å²) < 4.78 is 10.4. The van der Waals surface area contributed by atoms with Gasteiger partial charge in [0.2, 0.25) is 0 Å². The van der Waals surface area contributed by atoms with Gasteiger partial charge in [0.25, 0.3) is 0 Å². The summed E-state index contributed by atoms with van der Waals surface area (Å²) in [4.78, 5) is 11.7. The molecule has 4 nitrogen and oxygen atoms in total. The molecule has 0 fully saturated rings. The van der Waals surface area contributed by atoms with Crippen LogP contribution in [-0.4, -0.2) is 37.4 Å². The molecule has 0 saturated heterocycles. The first kappa shape index (κ1) is 15.4. The Hall–Kier alpha value is -0.610. The van der Waals surface area contributed by atoms with Crippen LogP contribution < -0.4 is 5.32 Å². The molecule has 0 aromatic heterocycles. The van der Waals surface area contributed by atoms with Gasteiger partial charge >= 0.3 is 5.97 Å². The van der Waals surface area contributed by atoms with Gasteiger partial charge in [-0.2, -0.15) is 0 Å². The number of hydrogen-bond donors (Lipinski definition) is 1. The van der Waals surface area contributed by atoms with Gasteiger partial charge in [-0.15, -0.1) is 0 Å². The fourth-order valence-electron chi connectivity index (χ4n) is 1.43. The Morgan fingerprint density at radius 3 is 2.31 bits per heavy atom. The third kappa shape index (κ3) is 6.08. The van der Waals surface area contributed by atoms with Crippen LogP contribution in [0.5, 0.6) is 0 Å². The number of methoxy groups -OCH3 is 1. The monoisotopic (exact) mass is 231 g/mol. The van der Waals surface area contributed by atoms with Crippen molar-refractivity contribution in [3.63, 3.8) is 0 Å². The van der Waals surface area contributed by atoms with Crippen LogP contribution in [0.2, 0.25) is 0 Å². The van der Waals surface area contributed by atoms with Gasteiger partial charge in [0.05, 0.1) is 12.2 Å². The topological polar surface area (TPSA) is 47.6 Å². The summed E-state index contributed by atoms with van der Waals surface area (Å²) in [5, 5.41) is 3.20. The average molecular weight is 231 g/mol. The Morgan fingerprint density at radius 1 is 1.38 bits per heavy atom. The molecule has 1 atom stereocenters. The molecule has 0 saturated carbocycles. The maximum atomic E-state index is 11.7. The first-order valence-electron chi connectivity index (χ1n) is 5.80. The summed E-state index contributed by atoms with van der Waals surface area (Å²) in [6, 6.07) is -0.0723. The minimum atomic E-state index is -0.334. The Labute approximate surface area is 98.7 Å². The smallest absolute Gasteiger partial charge is 0.323 e. The van der Waals surface area contributed by atoms with E-state index in [0.29, 0.717) is 13.0 Å². The highest BCUT2D eigenvalue weighted by atomic mass is 16.5. The highest BCUT2D eigenvalue weighted by Gasteiger charge is 2.29. The van der Waals surface area contributed by atoms with Crippen molar-refractivity contribution in [1.82, 2.24) is 5.32 Å². The molecule has 0 aromatic rings. The molecule has 96 valence electrons. The maximum absolute atomic E-state index is 11.7. The van der Waals surface area contributed by atoms with Crippen LogP contribution >= 0.6 is 0 Å². The quantitative estimate of drug-likeness (QED) is 0.678. The summed E-state index contributed by atoms with van der Waals surface area (Å²) >= 11 is 0. The highest BCUT2D eigenvalue weighted by Crippen LogP contribution is 2.16. The van der Waals surface area contributed by atoms with Crippen molar-refractivity contribution < 1.29 is 14.3 Å². The summed E-state index contributed by atoms with van der Waals surface area (Å²) in [5.74, 6) is -0.207. The molecule has 1 N–H and O–H groups in total. The van der Waals surface area contributed by atoms with E-state index in [1.807, 2.05) is 34.6 Å². The van der Waals surface area contributed by atoms with E-state index >= 15 is 0 Å². The standard InChI is InChI=1S/C12H25NO3/c1-7-16-11(14)10(13-9(2)3)8-12(4,5)15-6/h9-10,13H,7-8H2,1-6H3. The first-order chi connectivity index (χ1) is 7.32. The molecule has 0 aliphatic carbocycles. The number of esters is 1. The summed E-state index contributed by atoms with van der Waals surface area (Å²) in [6.45, 7) is 10.1. The van der Waals surface area contributed by atoms with E-state index in [1.54, 1.807) is 7.11 Å². The van der Waals surface area contributed by atoms with E-state index in [0.717, 1.165) is 0 Å². The number of carbonyl (C=O) groups excluding carboxylic acids is 1. The minimum absolute atomic E-state index is 0.207. The van der Waals surface area contributed by atoms with Crippen molar-refractivity contribution in [2.75, 3.05) is 13.7 Å². The Morgan fingerprint density at radius 2 is 1.94 bits per heavy atom. The second-order valence-electron chi connectivity index (χ2n) is 4.79. The van der Waals surface area contributed by atoms with Crippen molar-refractivity contribution in [3.05, 3.63) is 0 Å². The predicted octanol–water partition coefficient (Wildman–Crippen LogP) is 1.73. The predicted molar refractivity (Wildman–Crippen MR) is 64.4 cm³/mol. The summed E-state index contributed by atoms with van der Waals surface area (Å²) in [6.07, 6.45) is 0.598. The largest absolute Gasteiger partial charge is 0.465 e. The van der Waals surface area contributed by atoms with Gasteiger partial charge in [-0.05, 0) is 20.8 Å². The lowest BCUT2D eigenvalue weighted by molar-refractivity contribution is -0.147. The van der Waals surface area contributed by atoms with Crippen molar-refractivity contribution in [3.8, 4) is 0 Å². The molecule has 0 heterocycles. The molecule has 0 aliphatic heterocycles. The Balaban J connectivity index is 4.48. The maximum Gasteiger partial charge on any atom is 0.323 e. The van der Waals surface area contributed by atoms with Crippen LogP contribution in [0, 0.1) is 0 Å². The van der Waals surface area contributed by atoms with E-state index in [2.05, 4.69) is 5.32 Å². The first-order valence-corrected chi connectivity index (χ1v) is 5.80. The molecule has 0 spiro atoms.